The minimum Gasteiger partial charge on any atom is -0.465 e. The number of benzene rings is 1. The van der Waals surface area contributed by atoms with Crippen LogP contribution in [0.4, 0.5) is 9.59 Å². The molecule has 2 aromatic rings. The lowest BCUT2D eigenvalue weighted by molar-refractivity contribution is -0.133. The molecule has 4 atom stereocenters. The zero-order valence-corrected chi connectivity index (χ0v) is 34.6. The molecule has 0 spiro atoms. The standard InChI is InChI=1S/C41H65N7O7/c1-38(2,3)20-21-47(45-34(50)32(39(4,5)6)44-36(52)53)26-30(49)29(24-27-16-13-12-14-17-27)43-35(51)33(40(7,8)9)48-23-22-46(37(48)54)25-28-18-15-19-31(42-28)41(10,11)55/h12-19,29-30,32-33,44,49,55H,20-26H2,1-11H3,(H,43,51)(H,45,50)(H,52,53)/t29-,30-,32+,33+/m0/s1. The zero-order chi connectivity index (χ0) is 41.5. The van der Waals surface area contributed by atoms with E-state index in [4.69, 9.17) is 0 Å². The second kappa shape index (κ2) is 18.1. The molecule has 3 rings (SSSR count). The van der Waals surface area contributed by atoms with Gasteiger partial charge in [0.2, 0.25) is 5.91 Å². The van der Waals surface area contributed by atoms with E-state index in [1.54, 1.807) is 67.6 Å². The minimum atomic E-state index is -1.33. The Morgan fingerprint density at radius 3 is 2.04 bits per heavy atom. The van der Waals surface area contributed by atoms with Gasteiger partial charge in [0, 0.05) is 26.2 Å². The summed E-state index contributed by atoms with van der Waals surface area (Å²) in [4.78, 5) is 61.4. The van der Waals surface area contributed by atoms with Gasteiger partial charge in [0.1, 0.15) is 17.7 Å². The molecule has 14 heteroatoms. The molecular formula is C41H65N7O7. The van der Waals surface area contributed by atoms with E-state index in [0.29, 0.717) is 37.4 Å². The van der Waals surface area contributed by atoms with E-state index in [-0.39, 0.29) is 31.0 Å². The minimum absolute atomic E-state index is 0.0726. The molecule has 0 aliphatic carbocycles. The smallest absolute Gasteiger partial charge is 0.405 e. The van der Waals surface area contributed by atoms with Crippen LogP contribution in [0, 0.1) is 16.2 Å². The van der Waals surface area contributed by atoms with E-state index in [1.807, 2.05) is 51.1 Å². The molecule has 0 radical (unpaired) electrons. The highest BCUT2D eigenvalue weighted by molar-refractivity contribution is 5.89. The van der Waals surface area contributed by atoms with Crippen LogP contribution in [0.15, 0.2) is 48.5 Å². The van der Waals surface area contributed by atoms with Crippen LogP contribution in [-0.4, -0.2) is 109 Å². The second-order valence-corrected chi connectivity index (χ2v) is 18.6. The van der Waals surface area contributed by atoms with Gasteiger partial charge in [0.05, 0.1) is 30.1 Å². The van der Waals surface area contributed by atoms with E-state index in [9.17, 15) is 34.5 Å². The summed E-state index contributed by atoms with van der Waals surface area (Å²) in [5, 5.41) is 38.9. The fourth-order valence-corrected chi connectivity index (χ4v) is 6.54. The Bertz CT molecular complexity index is 1610. The van der Waals surface area contributed by atoms with E-state index in [0.717, 1.165) is 5.56 Å². The number of hydrazine groups is 1. The van der Waals surface area contributed by atoms with E-state index in [2.05, 4.69) is 41.8 Å². The van der Waals surface area contributed by atoms with Crippen LogP contribution in [-0.2, 0) is 28.2 Å². The van der Waals surface area contributed by atoms with Crippen molar-refractivity contribution in [3.8, 4) is 0 Å². The largest absolute Gasteiger partial charge is 0.465 e. The number of nitrogens with zero attached hydrogens (tertiary/aromatic N) is 4. The monoisotopic (exact) mass is 767 g/mol. The first-order valence-electron chi connectivity index (χ1n) is 19.1. The normalized spacial score (nSPS) is 16.4. The Kier molecular flexibility index (Phi) is 14.9. The van der Waals surface area contributed by atoms with Crippen molar-refractivity contribution in [1.29, 1.82) is 0 Å². The summed E-state index contributed by atoms with van der Waals surface area (Å²) in [5.74, 6) is -0.986. The van der Waals surface area contributed by atoms with Gasteiger partial charge in [-0.2, -0.15) is 0 Å². The number of amides is 5. The number of aliphatic hydroxyl groups is 2. The maximum Gasteiger partial charge on any atom is 0.405 e. The third-order valence-corrected chi connectivity index (χ3v) is 9.59. The molecule has 5 amide bonds. The van der Waals surface area contributed by atoms with Gasteiger partial charge in [-0.15, -0.1) is 0 Å². The molecule has 6 N–H and O–H groups in total. The summed E-state index contributed by atoms with van der Waals surface area (Å²) in [6.07, 6.45) is -1.61. The van der Waals surface area contributed by atoms with Crippen LogP contribution in [0.3, 0.4) is 0 Å². The molecule has 2 heterocycles. The Morgan fingerprint density at radius 2 is 1.49 bits per heavy atom. The van der Waals surface area contributed by atoms with Gasteiger partial charge >= 0.3 is 12.1 Å². The molecular weight excluding hydrogens is 702 g/mol. The molecule has 14 nitrogen and oxygen atoms in total. The number of urea groups is 1. The van der Waals surface area contributed by atoms with Crippen LogP contribution in [0.1, 0.15) is 99.5 Å². The predicted molar refractivity (Wildman–Crippen MR) is 212 cm³/mol. The van der Waals surface area contributed by atoms with E-state index in [1.165, 1.54) is 0 Å². The molecule has 1 aliphatic heterocycles. The van der Waals surface area contributed by atoms with Crippen LogP contribution >= 0.6 is 0 Å². The maximum atomic E-state index is 14.4. The number of carboxylic acid groups (broad SMARTS) is 1. The van der Waals surface area contributed by atoms with Gasteiger partial charge in [0.25, 0.3) is 5.91 Å². The summed E-state index contributed by atoms with van der Waals surface area (Å²) in [7, 11) is 0. The molecule has 0 unspecified atom stereocenters. The Labute approximate surface area is 327 Å². The number of nitrogens with one attached hydrogen (secondary N) is 3. The van der Waals surface area contributed by atoms with Gasteiger partial charge in [-0.3, -0.25) is 20.0 Å². The molecule has 0 saturated carbocycles. The Morgan fingerprint density at radius 1 is 0.855 bits per heavy atom. The van der Waals surface area contributed by atoms with Crippen molar-refractivity contribution in [3.63, 3.8) is 0 Å². The lowest BCUT2D eigenvalue weighted by Crippen LogP contribution is -2.61. The van der Waals surface area contributed by atoms with Crippen molar-refractivity contribution in [1.82, 2.24) is 35.9 Å². The zero-order valence-electron chi connectivity index (χ0n) is 34.6. The number of aromatic nitrogens is 1. The lowest BCUT2D eigenvalue weighted by atomic mass is 9.84. The number of aliphatic hydroxyl groups excluding tert-OH is 1. The summed E-state index contributed by atoms with van der Waals surface area (Å²) in [6, 6.07) is 11.7. The van der Waals surface area contributed by atoms with Gasteiger partial charge in [0.15, 0.2) is 0 Å². The first-order chi connectivity index (χ1) is 25.3. The highest BCUT2D eigenvalue weighted by Crippen LogP contribution is 2.29. The van der Waals surface area contributed by atoms with Gasteiger partial charge in [-0.1, -0.05) is 98.7 Å². The van der Waals surface area contributed by atoms with Gasteiger partial charge < -0.3 is 35.8 Å². The second-order valence-electron chi connectivity index (χ2n) is 18.6. The van der Waals surface area contributed by atoms with E-state index >= 15 is 0 Å². The van der Waals surface area contributed by atoms with Crippen molar-refractivity contribution in [2.45, 2.75) is 125 Å². The fourth-order valence-electron chi connectivity index (χ4n) is 6.54. The van der Waals surface area contributed by atoms with Gasteiger partial charge in [-0.05, 0) is 60.6 Å². The number of rotatable bonds is 16. The molecule has 1 aromatic carbocycles. The van der Waals surface area contributed by atoms with Crippen molar-refractivity contribution >= 4 is 23.9 Å². The third-order valence-electron chi connectivity index (χ3n) is 9.59. The first-order valence-corrected chi connectivity index (χ1v) is 19.1. The number of pyridine rings is 1. The highest BCUT2D eigenvalue weighted by atomic mass is 16.4. The molecule has 1 fully saturated rings. The van der Waals surface area contributed by atoms with Crippen LogP contribution < -0.4 is 16.1 Å². The molecule has 55 heavy (non-hydrogen) atoms. The van der Waals surface area contributed by atoms with Crippen molar-refractivity contribution in [3.05, 3.63) is 65.5 Å². The quantitative estimate of drug-likeness (QED) is 0.134. The average Bonchev–Trinajstić information content (AvgIpc) is 3.39. The van der Waals surface area contributed by atoms with Gasteiger partial charge in [-0.25, -0.2) is 14.6 Å². The predicted octanol–water partition coefficient (Wildman–Crippen LogP) is 4.50. The summed E-state index contributed by atoms with van der Waals surface area (Å²) >= 11 is 0. The summed E-state index contributed by atoms with van der Waals surface area (Å²) in [6.45, 7) is 21.6. The highest BCUT2D eigenvalue weighted by Gasteiger charge is 2.44. The first kappa shape index (κ1) is 45.1. The molecule has 306 valence electrons. The lowest BCUT2D eigenvalue weighted by Gasteiger charge is -2.38. The number of carbonyl (C=O) groups excluding carboxylic acids is 3. The average molecular weight is 768 g/mol. The SMILES string of the molecule is CC(C)(C)CCN(C[C@H](O)[C@H](Cc1ccccc1)NC(=O)[C@@H](N1CCN(Cc2cccc(C(C)(C)O)n2)C1=O)C(C)(C)C)NC(=O)[C@@H](NC(=O)O)C(C)(C)C. The number of hydrogen-bond acceptors (Lipinski definition) is 8. The topological polar surface area (TPSA) is 188 Å². The fraction of sp³-hybridized carbons (Fsp3) is 0.634. The maximum absolute atomic E-state index is 14.4. The Hall–Kier alpha value is -4.27. The van der Waals surface area contributed by atoms with Crippen molar-refractivity contribution < 1.29 is 34.5 Å². The molecule has 1 aromatic heterocycles. The van der Waals surface area contributed by atoms with Crippen LogP contribution in [0.5, 0.6) is 0 Å². The van der Waals surface area contributed by atoms with E-state index < -0.39 is 58.6 Å². The van der Waals surface area contributed by atoms with Crippen LogP contribution in [0.25, 0.3) is 0 Å². The molecule has 1 saturated heterocycles. The third kappa shape index (κ3) is 13.8. The Balaban J connectivity index is 1.89. The molecule has 0 bridgehead atoms. The number of hydrogen-bond donors (Lipinski definition) is 6. The van der Waals surface area contributed by atoms with Crippen molar-refractivity contribution in [2.75, 3.05) is 26.2 Å². The van der Waals surface area contributed by atoms with Crippen LogP contribution in [0.2, 0.25) is 0 Å². The number of carbonyl (C=O) groups is 4. The van der Waals surface area contributed by atoms with Crippen molar-refractivity contribution in [2.24, 2.45) is 16.2 Å². The molecule has 1 aliphatic rings. The summed E-state index contributed by atoms with van der Waals surface area (Å²) in [5.41, 5.74) is 2.13. The summed E-state index contributed by atoms with van der Waals surface area (Å²) < 4.78 is 0.